The van der Waals surface area contributed by atoms with Crippen LogP contribution in [0.2, 0.25) is 5.02 Å². The number of nitrogens with one attached hydrogen (secondary N) is 2. The fraction of sp³-hybridized carbons (Fsp3) is 0.500. The average molecular weight is 530 g/mol. The Bertz CT molecular complexity index is 844. The number of ether oxygens (including phenoxy) is 2. The van der Waals surface area contributed by atoms with Crippen molar-refractivity contribution in [3.8, 4) is 5.75 Å². The summed E-state index contributed by atoms with van der Waals surface area (Å²) in [6.45, 7) is 4.58. The normalized spacial score (nSPS) is 18.3. The Morgan fingerprint density at radius 2 is 2.10 bits per heavy atom. The molecule has 0 atom stereocenters. The van der Waals surface area contributed by atoms with Crippen LogP contribution in [-0.2, 0) is 4.74 Å². The van der Waals surface area contributed by atoms with Crippen molar-refractivity contribution in [2.45, 2.75) is 18.8 Å². The van der Waals surface area contributed by atoms with E-state index in [9.17, 15) is 0 Å². The molecule has 156 valence electrons. The van der Waals surface area contributed by atoms with Crippen LogP contribution in [0.3, 0.4) is 0 Å². The Kier molecular flexibility index (Phi) is 6.94. The van der Waals surface area contributed by atoms with Crippen LogP contribution in [0.1, 0.15) is 24.3 Å². The molecule has 1 aromatic heterocycles. The smallest absolute Gasteiger partial charge is 0.229 e. The lowest BCUT2D eigenvalue weighted by molar-refractivity contribution is -0.0248. The lowest BCUT2D eigenvalue weighted by Crippen LogP contribution is -2.33. The van der Waals surface area contributed by atoms with Gasteiger partial charge in [0.15, 0.2) is 5.82 Å². The molecule has 2 N–H and O–H groups in total. The van der Waals surface area contributed by atoms with Gasteiger partial charge in [0.2, 0.25) is 5.95 Å². The molecule has 4 rings (SSSR count). The lowest BCUT2D eigenvalue weighted by Gasteiger charge is -2.28. The van der Waals surface area contributed by atoms with E-state index in [4.69, 9.17) is 21.1 Å². The van der Waals surface area contributed by atoms with Crippen molar-refractivity contribution in [3.63, 3.8) is 0 Å². The van der Waals surface area contributed by atoms with E-state index in [2.05, 4.69) is 58.7 Å². The monoisotopic (exact) mass is 529 g/mol. The maximum atomic E-state index is 6.24. The number of piperidine rings is 1. The number of benzene rings is 1. The SMILES string of the molecule is COc1cc(C2CCN(I)CC2)ccc1Nc1ncc(Cl)c(NCC2COC2)n1. The van der Waals surface area contributed by atoms with Crippen LogP contribution in [0.4, 0.5) is 17.5 Å². The molecule has 0 aliphatic carbocycles. The summed E-state index contributed by atoms with van der Waals surface area (Å²) in [7, 11) is 1.69. The van der Waals surface area contributed by atoms with Crippen LogP contribution < -0.4 is 15.4 Å². The highest BCUT2D eigenvalue weighted by molar-refractivity contribution is 14.1. The van der Waals surface area contributed by atoms with Gasteiger partial charge in [-0.25, -0.2) is 8.10 Å². The Hall–Kier alpha value is -1.36. The lowest BCUT2D eigenvalue weighted by atomic mass is 9.90. The molecule has 0 amide bonds. The molecule has 9 heteroatoms. The van der Waals surface area contributed by atoms with Crippen molar-refractivity contribution in [1.29, 1.82) is 0 Å². The van der Waals surface area contributed by atoms with Gasteiger partial charge in [-0.05, 0) is 36.5 Å². The van der Waals surface area contributed by atoms with Crippen LogP contribution >= 0.6 is 34.5 Å². The molecule has 2 aliphatic heterocycles. The first kappa shape index (κ1) is 20.9. The second-order valence-corrected chi connectivity index (χ2v) is 9.22. The Balaban J connectivity index is 1.46. The minimum atomic E-state index is 0.478. The molecule has 0 spiro atoms. The number of halogens is 2. The van der Waals surface area contributed by atoms with E-state index in [1.165, 1.54) is 18.4 Å². The van der Waals surface area contributed by atoms with Gasteiger partial charge in [0.05, 0.1) is 32.2 Å². The van der Waals surface area contributed by atoms with Crippen molar-refractivity contribution in [2.75, 3.05) is 50.6 Å². The molecule has 0 unspecified atom stereocenters. The zero-order chi connectivity index (χ0) is 20.2. The van der Waals surface area contributed by atoms with E-state index in [1.54, 1.807) is 13.3 Å². The maximum Gasteiger partial charge on any atom is 0.229 e. The highest BCUT2D eigenvalue weighted by Gasteiger charge is 2.21. The third-order valence-electron chi connectivity index (χ3n) is 5.39. The van der Waals surface area contributed by atoms with Crippen LogP contribution in [0.15, 0.2) is 24.4 Å². The average Bonchev–Trinajstić information content (AvgIpc) is 2.70. The molecule has 0 bridgehead atoms. The second-order valence-electron chi connectivity index (χ2n) is 7.44. The standard InChI is InChI=1S/C20H25ClIN5O2/c1-28-18-8-15(14-4-6-27(22)7-5-14)2-3-17(18)25-20-24-10-16(21)19(26-20)23-9-13-11-29-12-13/h2-3,8,10,13-14H,4-7,9,11-12H2,1H3,(H2,23,24,25,26). The van der Waals surface area contributed by atoms with Gasteiger partial charge in [-0.3, -0.25) is 0 Å². The van der Waals surface area contributed by atoms with Crippen molar-refractivity contribution in [2.24, 2.45) is 5.92 Å². The van der Waals surface area contributed by atoms with Gasteiger partial charge in [-0.2, -0.15) is 4.98 Å². The first-order valence-corrected chi connectivity index (χ1v) is 11.2. The number of nitrogens with zero attached hydrogens (tertiary/aromatic N) is 3. The summed E-state index contributed by atoms with van der Waals surface area (Å²) in [5.41, 5.74) is 2.15. The molecule has 2 aromatic rings. The zero-order valence-corrected chi connectivity index (χ0v) is 19.2. The molecule has 2 aliphatic rings. The largest absolute Gasteiger partial charge is 0.495 e. The van der Waals surface area contributed by atoms with E-state index in [-0.39, 0.29) is 0 Å². The van der Waals surface area contributed by atoms with Gasteiger partial charge >= 0.3 is 0 Å². The number of hydrogen-bond donors (Lipinski definition) is 2. The number of rotatable bonds is 7. The molecular weight excluding hydrogens is 505 g/mol. The second kappa shape index (κ2) is 9.63. The van der Waals surface area contributed by atoms with E-state index < -0.39 is 0 Å². The Morgan fingerprint density at radius 1 is 1.31 bits per heavy atom. The topological polar surface area (TPSA) is 71.5 Å². The van der Waals surface area contributed by atoms with E-state index in [0.29, 0.717) is 28.6 Å². The van der Waals surface area contributed by atoms with Gasteiger partial charge in [0.25, 0.3) is 0 Å². The summed E-state index contributed by atoms with van der Waals surface area (Å²) in [6, 6.07) is 6.34. The third-order valence-corrected chi connectivity index (χ3v) is 6.63. The molecule has 3 heterocycles. The molecule has 7 nitrogen and oxygen atoms in total. The van der Waals surface area contributed by atoms with Crippen molar-refractivity contribution < 1.29 is 9.47 Å². The molecule has 29 heavy (non-hydrogen) atoms. The van der Waals surface area contributed by atoms with E-state index >= 15 is 0 Å². The highest BCUT2D eigenvalue weighted by Crippen LogP contribution is 2.35. The summed E-state index contributed by atoms with van der Waals surface area (Å²) >= 11 is 8.65. The summed E-state index contributed by atoms with van der Waals surface area (Å²) < 4.78 is 13.2. The summed E-state index contributed by atoms with van der Waals surface area (Å²) in [5, 5.41) is 7.05. The zero-order valence-electron chi connectivity index (χ0n) is 16.3. The van der Waals surface area contributed by atoms with Gasteiger partial charge in [0, 0.05) is 48.4 Å². The van der Waals surface area contributed by atoms with Gasteiger partial charge in [0.1, 0.15) is 10.8 Å². The van der Waals surface area contributed by atoms with Crippen LogP contribution in [-0.4, -0.2) is 53.0 Å². The Labute approximate surface area is 190 Å². The van der Waals surface area contributed by atoms with Crippen LogP contribution in [0, 0.1) is 5.92 Å². The summed E-state index contributed by atoms with van der Waals surface area (Å²) in [5.74, 6) is 2.97. The van der Waals surface area contributed by atoms with Crippen molar-refractivity contribution in [3.05, 3.63) is 35.0 Å². The number of hydrogen-bond acceptors (Lipinski definition) is 7. The van der Waals surface area contributed by atoms with Gasteiger partial charge < -0.3 is 20.1 Å². The molecule has 2 fully saturated rings. The minimum Gasteiger partial charge on any atom is -0.495 e. The minimum absolute atomic E-state index is 0.478. The number of anilines is 3. The van der Waals surface area contributed by atoms with E-state index in [0.717, 1.165) is 44.3 Å². The molecule has 2 saturated heterocycles. The highest BCUT2D eigenvalue weighted by atomic mass is 127. The predicted octanol–water partition coefficient (Wildman–Crippen LogP) is 4.47. The number of methoxy groups -OCH3 is 1. The van der Waals surface area contributed by atoms with Crippen LogP contribution in [0.5, 0.6) is 5.75 Å². The van der Waals surface area contributed by atoms with Crippen molar-refractivity contribution in [1.82, 2.24) is 13.1 Å². The van der Waals surface area contributed by atoms with Gasteiger partial charge in [-0.15, -0.1) is 0 Å². The maximum absolute atomic E-state index is 6.24. The molecular formula is C20H25ClIN5O2. The third kappa shape index (κ3) is 5.22. The van der Waals surface area contributed by atoms with Crippen molar-refractivity contribution >= 4 is 51.9 Å². The molecule has 0 radical (unpaired) electrons. The fourth-order valence-corrected chi connectivity index (χ4v) is 4.28. The summed E-state index contributed by atoms with van der Waals surface area (Å²) in [6.07, 6.45) is 3.94. The predicted molar refractivity (Wildman–Crippen MR) is 124 cm³/mol. The fourth-order valence-electron chi connectivity index (χ4n) is 3.56. The van der Waals surface area contributed by atoms with Gasteiger partial charge in [-0.1, -0.05) is 17.7 Å². The van der Waals surface area contributed by atoms with Crippen LogP contribution in [0.25, 0.3) is 0 Å². The first-order valence-electron chi connectivity index (χ1n) is 9.82. The quantitative estimate of drug-likeness (QED) is 0.405. The first-order chi connectivity index (χ1) is 14.1. The molecule has 1 aromatic carbocycles. The Morgan fingerprint density at radius 3 is 2.79 bits per heavy atom. The molecule has 0 saturated carbocycles. The number of aromatic nitrogens is 2. The summed E-state index contributed by atoms with van der Waals surface area (Å²) in [4.78, 5) is 8.84. The van der Waals surface area contributed by atoms with E-state index in [1.807, 2.05) is 6.07 Å².